The Morgan fingerprint density at radius 1 is 1.38 bits per heavy atom. The number of amides is 1. The molecule has 1 aliphatic heterocycles. The second-order valence-corrected chi connectivity index (χ2v) is 7.11. The van der Waals surface area contributed by atoms with Gasteiger partial charge in [-0.05, 0) is 25.1 Å². The van der Waals surface area contributed by atoms with Gasteiger partial charge in [-0.25, -0.2) is 8.42 Å². The number of nitrogens with zero attached hydrogens (tertiary/aromatic N) is 3. The molecule has 126 valence electrons. The Kier molecular flexibility index (Phi) is 4.34. The summed E-state index contributed by atoms with van der Waals surface area (Å²) in [5, 5.41) is 6.88. The molecule has 1 aromatic carbocycles. The molecule has 0 bridgehead atoms. The number of benzene rings is 1. The lowest BCUT2D eigenvalue weighted by Crippen LogP contribution is -2.37. The molecular formula is C15H17N5O3S. The van der Waals surface area contributed by atoms with Gasteiger partial charge >= 0.3 is 0 Å². The average molecular weight is 347 g/mol. The van der Waals surface area contributed by atoms with Crippen molar-refractivity contribution >= 4 is 21.8 Å². The molecule has 0 fully saturated rings. The van der Waals surface area contributed by atoms with Crippen molar-refractivity contribution in [2.75, 3.05) is 6.54 Å². The van der Waals surface area contributed by atoms with Crippen molar-refractivity contribution < 1.29 is 13.2 Å². The van der Waals surface area contributed by atoms with Gasteiger partial charge in [0.15, 0.2) is 0 Å². The molecular weight excluding hydrogens is 330 g/mol. The number of amidine groups is 1. The minimum absolute atomic E-state index is 0.120. The average Bonchev–Trinajstić information content (AvgIpc) is 3.12. The van der Waals surface area contributed by atoms with E-state index < -0.39 is 10.0 Å². The lowest BCUT2D eigenvalue weighted by Gasteiger charge is -2.13. The van der Waals surface area contributed by atoms with Crippen molar-refractivity contribution in [1.82, 2.24) is 19.8 Å². The van der Waals surface area contributed by atoms with Gasteiger partial charge in [0.05, 0.1) is 11.4 Å². The zero-order valence-electron chi connectivity index (χ0n) is 13.0. The molecule has 2 N–H and O–H groups in total. The summed E-state index contributed by atoms with van der Waals surface area (Å²) in [6, 6.07) is 8.22. The lowest BCUT2D eigenvalue weighted by molar-refractivity contribution is -0.120. The van der Waals surface area contributed by atoms with Crippen LogP contribution in [0.15, 0.2) is 52.6 Å². The Balaban J connectivity index is 1.63. The van der Waals surface area contributed by atoms with Gasteiger partial charge in [0, 0.05) is 24.0 Å². The molecule has 24 heavy (non-hydrogen) atoms. The first-order valence-electron chi connectivity index (χ1n) is 7.39. The van der Waals surface area contributed by atoms with Crippen LogP contribution in [0.3, 0.4) is 0 Å². The summed E-state index contributed by atoms with van der Waals surface area (Å²) in [6.45, 7) is 2.25. The number of nitrogens with one attached hydrogen (secondary N) is 2. The van der Waals surface area contributed by atoms with E-state index in [4.69, 9.17) is 0 Å². The SMILES string of the molecule is CC(Cn1cccn1)NC(=O)CN=C1NS(=O)(=O)c2ccccc21. The fourth-order valence-electron chi connectivity index (χ4n) is 2.46. The van der Waals surface area contributed by atoms with Crippen molar-refractivity contribution in [2.24, 2.45) is 4.99 Å². The van der Waals surface area contributed by atoms with Crippen molar-refractivity contribution in [1.29, 1.82) is 0 Å². The maximum absolute atomic E-state index is 12.0. The highest BCUT2D eigenvalue weighted by Crippen LogP contribution is 2.21. The smallest absolute Gasteiger partial charge is 0.263 e. The lowest BCUT2D eigenvalue weighted by atomic mass is 10.2. The number of aromatic nitrogens is 2. The van der Waals surface area contributed by atoms with Crippen LogP contribution in [-0.4, -0.2) is 42.5 Å². The van der Waals surface area contributed by atoms with Crippen molar-refractivity contribution in [3.63, 3.8) is 0 Å². The summed E-state index contributed by atoms with van der Waals surface area (Å²) in [7, 11) is -3.58. The zero-order chi connectivity index (χ0) is 17.2. The third kappa shape index (κ3) is 3.46. The van der Waals surface area contributed by atoms with Crippen LogP contribution in [0.5, 0.6) is 0 Å². The van der Waals surface area contributed by atoms with Gasteiger partial charge in [-0.15, -0.1) is 0 Å². The molecule has 0 spiro atoms. The highest BCUT2D eigenvalue weighted by atomic mass is 32.2. The predicted molar refractivity (Wildman–Crippen MR) is 88.0 cm³/mol. The second kappa shape index (κ2) is 6.44. The third-order valence-electron chi connectivity index (χ3n) is 3.47. The number of sulfonamides is 1. The van der Waals surface area contributed by atoms with E-state index in [1.807, 2.05) is 19.2 Å². The molecule has 0 saturated carbocycles. The fourth-order valence-corrected chi connectivity index (χ4v) is 3.71. The van der Waals surface area contributed by atoms with Gasteiger partial charge in [-0.2, -0.15) is 5.10 Å². The predicted octanol–water partition coefficient (Wildman–Crippen LogP) is 0.127. The number of carbonyl (C=O) groups is 1. The standard InChI is InChI=1S/C15H17N5O3S/c1-11(10-20-8-4-7-17-20)18-14(21)9-16-15-12-5-2-3-6-13(12)24(22,23)19-15/h2-8,11H,9-10H2,1H3,(H,16,19)(H,18,21). The van der Waals surface area contributed by atoms with Gasteiger partial charge in [0.25, 0.3) is 10.0 Å². The number of fused-ring (bicyclic) bond motifs is 1. The van der Waals surface area contributed by atoms with Crippen LogP contribution in [0.25, 0.3) is 0 Å². The number of hydrogen-bond donors (Lipinski definition) is 2. The molecule has 2 aromatic rings. The Morgan fingerprint density at radius 2 is 2.17 bits per heavy atom. The third-order valence-corrected chi connectivity index (χ3v) is 4.87. The van der Waals surface area contributed by atoms with Crippen LogP contribution in [0.1, 0.15) is 12.5 Å². The van der Waals surface area contributed by atoms with E-state index >= 15 is 0 Å². The molecule has 1 aromatic heterocycles. The fraction of sp³-hybridized carbons (Fsp3) is 0.267. The number of rotatable bonds is 5. The van der Waals surface area contributed by atoms with Crippen LogP contribution in [0.2, 0.25) is 0 Å². The minimum Gasteiger partial charge on any atom is -0.350 e. The van der Waals surface area contributed by atoms with E-state index in [1.54, 1.807) is 29.1 Å². The van der Waals surface area contributed by atoms with Crippen LogP contribution < -0.4 is 10.0 Å². The Hall–Kier alpha value is -2.68. The first-order valence-corrected chi connectivity index (χ1v) is 8.87. The molecule has 9 heteroatoms. The van der Waals surface area contributed by atoms with E-state index in [9.17, 15) is 13.2 Å². The van der Waals surface area contributed by atoms with E-state index in [1.165, 1.54) is 6.07 Å². The van der Waals surface area contributed by atoms with E-state index in [-0.39, 0.29) is 29.2 Å². The second-order valence-electron chi connectivity index (χ2n) is 5.46. The van der Waals surface area contributed by atoms with Gasteiger partial charge in [-0.1, -0.05) is 12.1 Å². The summed E-state index contributed by atoms with van der Waals surface area (Å²) in [5.74, 6) is -0.0915. The Morgan fingerprint density at radius 3 is 2.92 bits per heavy atom. The van der Waals surface area contributed by atoms with Crippen LogP contribution in [0, 0.1) is 0 Å². The summed E-state index contributed by atoms with van der Waals surface area (Å²) in [4.78, 5) is 16.3. The van der Waals surface area contributed by atoms with Crippen LogP contribution in [0.4, 0.5) is 0 Å². The first kappa shape index (κ1) is 16.2. The Labute approximate surface area is 139 Å². The largest absolute Gasteiger partial charge is 0.350 e. The van der Waals surface area contributed by atoms with Gasteiger partial charge in [0.1, 0.15) is 12.4 Å². The number of hydrogen-bond acceptors (Lipinski definition) is 5. The monoisotopic (exact) mass is 347 g/mol. The molecule has 8 nitrogen and oxygen atoms in total. The molecule has 0 aliphatic carbocycles. The summed E-state index contributed by atoms with van der Waals surface area (Å²) >= 11 is 0. The van der Waals surface area contributed by atoms with E-state index in [0.717, 1.165) is 0 Å². The summed E-state index contributed by atoms with van der Waals surface area (Å²) in [5.41, 5.74) is 0.481. The van der Waals surface area contributed by atoms with E-state index in [0.29, 0.717) is 12.1 Å². The molecule has 1 amide bonds. The van der Waals surface area contributed by atoms with Gasteiger partial charge < -0.3 is 5.32 Å². The van der Waals surface area contributed by atoms with Gasteiger partial charge in [-0.3, -0.25) is 19.2 Å². The topological polar surface area (TPSA) is 105 Å². The van der Waals surface area contributed by atoms with Gasteiger partial charge in [0.2, 0.25) is 5.91 Å². The van der Waals surface area contributed by atoms with E-state index in [2.05, 4.69) is 20.1 Å². The number of aliphatic imine (C=N–C) groups is 1. The molecule has 0 radical (unpaired) electrons. The molecule has 1 unspecified atom stereocenters. The first-order chi connectivity index (χ1) is 11.5. The summed E-state index contributed by atoms with van der Waals surface area (Å²) < 4.78 is 28.0. The van der Waals surface area contributed by atoms with Crippen molar-refractivity contribution in [3.8, 4) is 0 Å². The molecule has 2 heterocycles. The van der Waals surface area contributed by atoms with Crippen molar-refractivity contribution in [2.45, 2.75) is 24.4 Å². The highest BCUT2D eigenvalue weighted by molar-refractivity contribution is 7.90. The van der Waals surface area contributed by atoms with Crippen LogP contribution in [-0.2, 0) is 21.4 Å². The summed E-state index contributed by atoms with van der Waals surface area (Å²) in [6.07, 6.45) is 3.48. The molecule has 1 atom stereocenters. The quantitative estimate of drug-likeness (QED) is 0.802. The minimum atomic E-state index is -3.58. The Bertz CT molecular complexity index is 874. The maximum Gasteiger partial charge on any atom is 0.263 e. The zero-order valence-corrected chi connectivity index (χ0v) is 13.8. The van der Waals surface area contributed by atoms with Crippen LogP contribution >= 0.6 is 0 Å². The normalized spacial score (nSPS) is 18.0. The highest BCUT2D eigenvalue weighted by Gasteiger charge is 2.30. The number of carbonyl (C=O) groups excluding carboxylic acids is 1. The molecule has 0 saturated heterocycles. The molecule has 3 rings (SSSR count). The molecule has 1 aliphatic rings. The van der Waals surface area contributed by atoms with Crippen molar-refractivity contribution in [3.05, 3.63) is 48.3 Å². The maximum atomic E-state index is 12.0.